The van der Waals surface area contributed by atoms with Gasteiger partial charge in [-0.05, 0) is 48.4 Å². The Labute approximate surface area is 126 Å². The summed E-state index contributed by atoms with van der Waals surface area (Å²) in [5.41, 5.74) is 2.88. The number of hydrogen-bond donors (Lipinski definition) is 1. The highest BCUT2D eigenvalue weighted by atomic mass is 16.5. The lowest BCUT2D eigenvalue weighted by atomic mass is 10.2. The molecule has 2 aromatic rings. The smallest absolute Gasteiger partial charge is 0.119 e. The summed E-state index contributed by atoms with van der Waals surface area (Å²) in [5.74, 6) is 0.922. The Morgan fingerprint density at radius 2 is 1.76 bits per heavy atom. The van der Waals surface area contributed by atoms with Crippen molar-refractivity contribution in [2.45, 2.75) is 26.3 Å². The zero-order valence-electron chi connectivity index (χ0n) is 12.3. The normalized spacial score (nSPS) is 9.90. The topological polar surface area (TPSA) is 45.0 Å². The van der Waals surface area contributed by atoms with E-state index in [1.54, 1.807) is 0 Å². The van der Waals surface area contributed by atoms with Gasteiger partial charge in [0.25, 0.3) is 0 Å². The highest BCUT2D eigenvalue weighted by molar-refractivity contribution is 5.47. The van der Waals surface area contributed by atoms with E-state index < -0.39 is 0 Å². The summed E-state index contributed by atoms with van der Waals surface area (Å²) in [5, 5.41) is 12.1. The first kappa shape index (κ1) is 14.9. The van der Waals surface area contributed by atoms with Crippen LogP contribution in [0, 0.1) is 11.3 Å². The number of nitrogens with zero attached hydrogens (tertiary/aromatic N) is 1. The van der Waals surface area contributed by atoms with Gasteiger partial charge in [0.15, 0.2) is 0 Å². The Hall–Kier alpha value is -2.47. The van der Waals surface area contributed by atoms with Gasteiger partial charge in [-0.15, -0.1) is 0 Å². The monoisotopic (exact) mass is 280 g/mol. The molecule has 108 valence electrons. The average molecular weight is 280 g/mol. The van der Waals surface area contributed by atoms with Gasteiger partial charge < -0.3 is 10.1 Å². The van der Waals surface area contributed by atoms with Gasteiger partial charge in [0.05, 0.1) is 18.2 Å². The van der Waals surface area contributed by atoms with Gasteiger partial charge in [0.1, 0.15) is 5.75 Å². The van der Waals surface area contributed by atoms with Gasteiger partial charge in [-0.1, -0.05) is 25.5 Å². The molecule has 0 aliphatic heterocycles. The maximum absolute atomic E-state index is 8.76. The fraction of sp³-hybridized carbons (Fsp3) is 0.278. The molecule has 0 atom stereocenters. The molecule has 2 aromatic carbocycles. The quantitative estimate of drug-likeness (QED) is 0.767. The maximum Gasteiger partial charge on any atom is 0.119 e. The van der Waals surface area contributed by atoms with Crippen molar-refractivity contribution in [3.63, 3.8) is 0 Å². The molecular weight excluding hydrogens is 260 g/mol. The Balaban J connectivity index is 1.84. The van der Waals surface area contributed by atoms with Crippen molar-refractivity contribution in [2.24, 2.45) is 0 Å². The van der Waals surface area contributed by atoms with Gasteiger partial charge in [-0.2, -0.15) is 5.26 Å². The van der Waals surface area contributed by atoms with E-state index in [9.17, 15) is 0 Å². The van der Waals surface area contributed by atoms with Crippen LogP contribution in [-0.4, -0.2) is 6.61 Å². The Bertz CT molecular complexity index is 582. The number of hydrogen-bond acceptors (Lipinski definition) is 3. The van der Waals surface area contributed by atoms with Crippen LogP contribution in [-0.2, 0) is 6.54 Å². The minimum Gasteiger partial charge on any atom is -0.494 e. The molecule has 0 aliphatic carbocycles. The predicted octanol–water partition coefficient (Wildman–Crippen LogP) is 4.35. The SMILES string of the molecule is CCCCOc1ccc(CNc2ccc(C#N)cc2)cc1. The molecule has 1 N–H and O–H groups in total. The lowest BCUT2D eigenvalue weighted by molar-refractivity contribution is 0.309. The third-order valence-electron chi connectivity index (χ3n) is 3.20. The summed E-state index contributed by atoms with van der Waals surface area (Å²) in [6, 6.07) is 17.7. The van der Waals surface area contributed by atoms with E-state index in [2.05, 4.69) is 30.4 Å². The van der Waals surface area contributed by atoms with Crippen LogP contribution in [0.4, 0.5) is 5.69 Å². The number of rotatable bonds is 7. The molecular formula is C18H20N2O. The first-order valence-corrected chi connectivity index (χ1v) is 7.27. The van der Waals surface area contributed by atoms with Crippen LogP contribution in [0.3, 0.4) is 0 Å². The second kappa shape index (κ2) is 7.96. The van der Waals surface area contributed by atoms with Crippen LogP contribution in [0.5, 0.6) is 5.75 Å². The molecule has 0 saturated carbocycles. The van der Waals surface area contributed by atoms with Gasteiger partial charge in [0.2, 0.25) is 0 Å². The Morgan fingerprint density at radius 3 is 2.38 bits per heavy atom. The Kier molecular flexibility index (Phi) is 5.66. The molecule has 3 heteroatoms. The van der Waals surface area contributed by atoms with E-state index in [1.165, 1.54) is 5.56 Å². The van der Waals surface area contributed by atoms with E-state index in [0.29, 0.717) is 5.56 Å². The van der Waals surface area contributed by atoms with Crippen LogP contribution in [0.2, 0.25) is 0 Å². The molecule has 21 heavy (non-hydrogen) atoms. The lowest BCUT2D eigenvalue weighted by Gasteiger charge is -2.08. The zero-order chi connectivity index (χ0) is 14.9. The van der Waals surface area contributed by atoms with Crippen molar-refractivity contribution in [1.29, 1.82) is 5.26 Å². The summed E-state index contributed by atoms with van der Waals surface area (Å²) in [6.07, 6.45) is 2.23. The van der Waals surface area contributed by atoms with Gasteiger partial charge in [0, 0.05) is 12.2 Å². The second-order valence-corrected chi connectivity index (χ2v) is 4.89. The van der Waals surface area contributed by atoms with Gasteiger partial charge >= 0.3 is 0 Å². The van der Waals surface area contributed by atoms with Crippen molar-refractivity contribution in [1.82, 2.24) is 0 Å². The number of nitriles is 1. The van der Waals surface area contributed by atoms with Crippen molar-refractivity contribution >= 4 is 5.69 Å². The van der Waals surface area contributed by atoms with Crippen molar-refractivity contribution in [3.05, 3.63) is 59.7 Å². The molecule has 0 aromatic heterocycles. The molecule has 0 fully saturated rings. The van der Waals surface area contributed by atoms with Crippen LogP contribution >= 0.6 is 0 Å². The van der Waals surface area contributed by atoms with E-state index >= 15 is 0 Å². The molecule has 0 spiro atoms. The number of ether oxygens (including phenoxy) is 1. The summed E-state index contributed by atoms with van der Waals surface area (Å²) < 4.78 is 5.64. The highest BCUT2D eigenvalue weighted by Crippen LogP contribution is 2.15. The van der Waals surface area contributed by atoms with Crippen LogP contribution in [0.15, 0.2) is 48.5 Å². The number of benzene rings is 2. The van der Waals surface area contributed by atoms with Gasteiger partial charge in [-0.3, -0.25) is 0 Å². The average Bonchev–Trinajstić information content (AvgIpc) is 2.55. The third kappa shape index (κ3) is 4.85. The summed E-state index contributed by atoms with van der Waals surface area (Å²) in [6.45, 7) is 3.68. The maximum atomic E-state index is 8.76. The molecule has 0 aliphatic rings. The molecule has 0 unspecified atom stereocenters. The van der Waals surface area contributed by atoms with E-state index in [0.717, 1.165) is 37.4 Å². The Morgan fingerprint density at radius 1 is 1.05 bits per heavy atom. The lowest BCUT2D eigenvalue weighted by Crippen LogP contribution is -2.00. The standard InChI is InChI=1S/C18H20N2O/c1-2-3-12-21-18-10-6-16(7-11-18)14-20-17-8-4-15(13-19)5-9-17/h4-11,20H,2-3,12,14H2,1H3. The summed E-state index contributed by atoms with van der Waals surface area (Å²) in [4.78, 5) is 0. The number of nitrogens with one attached hydrogen (secondary N) is 1. The highest BCUT2D eigenvalue weighted by Gasteiger charge is 1.97. The van der Waals surface area contributed by atoms with Crippen LogP contribution in [0.25, 0.3) is 0 Å². The minimum atomic E-state index is 0.675. The van der Waals surface area contributed by atoms with Gasteiger partial charge in [-0.25, -0.2) is 0 Å². The molecule has 3 nitrogen and oxygen atoms in total. The molecule has 2 rings (SSSR count). The zero-order valence-corrected chi connectivity index (χ0v) is 12.3. The molecule has 0 amide bonds. The first-order valence-electron chi connectivity index (χ1n) is 7.27. The molecule has 0 bridgehead atoms. The fourth-order valence-electron chi connectivity index (χ4n) is 1.90. The molecule has 0 radical (unpaired) electrons. The van der Waals surface area contributed by atoms with Crippen LogP contribution in [0.1, 0.15) is 30.9 Å². The molecule has 0 saturated heterocycles. The minimum absolute atomic E-state index is 0.675. The number of unbranched alkanes of at least 4 members (excludes halogenated alkanes) is 1. The van der Waals surface area contributed by atoms with E-state index in [-0.39, 0.29) is 0 Å². The van der Waals surface area contributed by atoms with Crippen molar-refractivity contribution < 1.29 is 4.74 Å². The van der Waals surface area contributed by atoms with E-state index in [1.807, 2.05) is 36.4 Å². The van der Waals surface area contributed by atoms with E-state index in [4.69, 9.17) is 10.00 Å². The first-order chi connectivity index (χ1) is 10.3. The fourth-order valence-corrected chi connectivity index (χ4v) is 1.90. The van der Waals surface area contributed by atoms with Crippen LogP contribution < -0.4 is 10.1 Å². The second-order valence-electron chi connectivity index (χ2n) is 4.89. The number of anilines is 1. The molecule has 0 heterocycles. The third-order valence-corrected chi connectivity index (χ3v) is 3.20. The van der Waals surface area contributed by atoms with Crippen molar-refractivity contribution in [3.8, 4) is 11.8 Å². The predicted molar refractivity (Wildman–Crippen MR) is 85.3 cm³/mol. The summed E-state index contributed by atoms with van der Waals surface area (Å²) >= 11 is 0. The van der Waals surface area contributed by atoms with Crippen molar-refractivity contribution in [2.75, 3.05) is 11.9 Å². The largest absolute Gasteiger partial charge is 0.494 e. The summed E-state index contributed by atoms with van der Waals surface area (Å²) in [7, 11) is 0.